The monoisotopic (exact) mass is 192 g/mol. The third-order valence-electron chi connectivity index (χ3n) is 1.90. The van der Waals surface area contributed by atoms with Crippen molar-refractivity contribution < 1.29 is 10.2 Å². The van der Waals surface area contributed by atoms with Crippen molar-refractivity contribution in [1.82, 2.24) is 0 Å². The Balaban J connectivity index is 3.07. The molecule has 0 aliphatic rings. The van der Waals surface area contributed by atoms with Gasteiger partial charge in [-0.15, -0.1) is 0 Å². The smallest absolute Gasteiger partial charge is 0.123 e. The fourth-order valence-electron chi connectivity index (χ4n) is 1.41. The van der Waals surface area contributed by atoms with Crippen LogP contribution < -0.4 is 0 Å². The summed E-state index contributed by atoms with van der Waals surface area (Å²) in [6, 6.07) is 7.09. The summed E-state index contributed by atoms with van der Waals surface area (Å²) < 4.78 is 0. The number of para-hydroxylation sites is 1. The van der Waals surface area contributed by atoms with Crippen LogP contribution in [0.3, 0.4) is 0 Å². The number of hydrogen-bond acceptors (Lipinski definition) is 2. The molecule has 0 heterocycles. The average molecular weight is 192 g/mol. The van der Waals surface area contributed by atoms with Crippen LogP contribution in [0.2, 0.25) is 0 Å². The standard InChI is InChI=1S/C12H16O2/c1-9(8-12(2,3)14)10-6-4-5-7-11(10)13/h4-8,13-14H,1-3H3/b9-8-. The van der Waals surface area contributed by atoms with E-state index in [0.29, 0.717) is 0 Å². The first kappa shape index (κ1) is 10.8. The minimum Gasteiger partial charge on any atom is -0.507 e. The lowest BCUT2D eigenvalue weighted by molar-refractivity contribution is 0.133. The van der Waals surface area contributed by atoms with Crippen LogP contribution in [0.1, 0.15) is 26.3 Å². The van der Waals surface area contributed by atoms with Gasteiger partial charge in [0.05, 0.1) is 5.60 Å². The van der Waals surface area contributed by atoms with Crippen LogP contribution in [0.25, 0.3) is 5.57 Å². The number of aliphatic hydroxyl groups is 1. The molecule has 2 nitrogen and oxygen atoms in total. The zero-order valence-corrected chi connectivity index (χ0v) is 8.78. The molecule has 0 bridgehead atoms. The van der Waals surface area contributed by atoms with Crippen molar-refractivity contribution in [2.24, 2.45) is 0 Å². The summed E-state index contributed by atoms with van der Waals surface area (Å²) in [7, 11) is 0. The van der Waals surface area contributed by atoms with Crippen molar-refractivity contribution >= 4 is 5.57 Å². The Labute approximate surface area is 84.5 Å². The zero-order chi connectivity index (χ0) is 10.8. The molecular formula is C12H16O2. The highest BCUT2D eigenvalue weighted by molar-refractivity contribution is 5.69. The van der Waals surface area contributed by atoms with E-state index < -0.39 is 5.60 Å². The van der Waals surface area contributed by atoms with Crippen LogP contribution >= 0.6 is 0 Å². The molecular weight excluding hydrogens is 176 g/mol. The molecule has 0 aliphatic heterocycles. The highest BCUT2D eigenvalue weighted by Crippen LogP contribution is 2.25. The van der Waals surface area contributed by atoms with Crippen LogP contribution in [0, 0.1) is 0 Å². The first-order valence-electron chi connectivity index (χ1n) is 4.60. The van der Waals surface area contributed by atoms with Gasteiger partial charge in [0, 0.05) is 5.56 Å². The van der Waals surface area contributed by atoms with Crippen molar-refractivity contribution in [3.05, 3.63) is 35.9 Å². The quantitative estimate of drug-likeness (QED) is 0.756. The van der Waals surface area contributed by atoms with Gasteiger partial charge in [0.2, 0.25) is 0 Å². The molecule has 0 aliphatic carbocycles. The summed E-state index contributed by atoms with van der Waals surface area (Å²) in [6.07, 6.45) is 1.72. The first-order valence-corrected chi connectivity index (χ1v) is 4.60. The maximum absolute atomic E-state index is 9.58. The molecule has 0 unspecified atom stereocenters. The van der Waals surface area contributed by atoms with E-state index in [9.17, 15) is 10.2 Å². The highest BCUT2D eigenvalue weighted by atomic mass is 16.3. The van der Waals surface area contributed by atoms with E-state index in [4.69, 9.17) is 0 Å². The van der Waals surface area contributed by atoms with Crippen molar-refractivity contribution in [2.75, 3.05) is 0 Å². The van der Waals surface area contributed by atoms with Gasteiger partial charge >= 0.3 is 0 Å². The van der Waals surface area contributed by atoms with Crippen LogP contribution in [0.5, 0.6) is 5.75 Å². The van der Waals surface area contributed by atoms with E-state index in [0.717, 1.165) is 11.1 Å². The minimum atomic E-state index is -0.855. The Morgan fingerprint density at radius 3 is 2.36 bits per heavy atom. The second-order valence-electron chi connectivity index (χ2n) is 4.00. The van der Waals surface area contributed by atoms with E-state index in [-0.39, 0.29) is 5.75 Å². The van der Waals surface area contributed by atoms with Crippen LogP contribution in [-0.2, 0) is 0 Å². The van der Waals surface area contributed by atoms with Crippen LogP contribution in [-0.4, -0.2) is 15.8 Å². The van der Waals surface area contributed by atoms with E-state index in [1.165, 1.54) is 0 Å². The largest absolute Gasteiger partial charge is 0.507 e. The summed E-state index contributed by atoms with van der Waals surface area (Å²) >= 11 is 0. The van der Waals surface area contributed by atoms with E-state index in [1.54, 1.807) is 32.1 Å². The third-order valence-corrected chi connectivity index (χ3v) is 1.90. The van der Waals surface area contributed by atoms with E-state index in [2.05, 4.69) is 0 Å². The Morgan fingerprint density at radius 1 is 1.29 bits per heavy atom. The number of allylic oxidation sites excluding steroid dienone is 1. The number of aromatic hydroxyl groups is 1. The molecule has 0 radical (unpaired) electrons. The molecule has 0 spiro atoms. The molecule has 2 heteroatoms. The Hall–Kier alpha value is -1.28. The number of phenols is 1. The molecule has 1 aromatic carbocycles. The Morgan fingerprint density at radius 2 is 1.86 bits per heavy atom. The first-order chi connectivity index (χ1) is 6.40. The number of hydrogen-bond donors (Lipinski definition) is 2. The van der Waals surface area contributed by atoms with Crippen molar-refractivity contribution in [2.45, 2.75) is 26.4 Å². The van der Waals surface area contributed by atoms with Crippen molar-refractivity contribution in [3.8, 4) is 5.75 Å². The lowest BCUT2D eigenvalue weighted by Crippen LogP contribution is -2.14. The van der Waals surface area contributed by atoms with Gasteiger partial charge in [-0.2, -0.15) is 0 Å². The summed E-state index contributed by atoms with van der Waals surface area (Å²) in [6.45, 7) is 5.28. The Bertz CT molecular complexity index is 346. The zero-order valence-electron chi connectivity index (χ0n) is 8.78. The van der Waals surface area contributed by atoms with Crippen LogP contribution in [0.15, 0.2) is 30.3 Å². The fourth-order valence-corrected chi connectivity index (χ4v) is 1.41. The van der Waals surface area contributed by atoms with Gasteiger partial charge in [0.15, 0.2) is 0 Å². The number of rotatable bonds is 2. The second-order valence-corrected chi connectivity index (χ2v) is 4.00. The molecule has 2 N–H and O–H groups in total. The number of benzene rings is 1. The maximum Gasteiger partial charge on any atom is 0.123 e. The summed E-state index contributed by atoms with van der Waals surface area (Å²) in [5, 5.41) is 19.1. The Kier molecular flexibility index (Phi) is 2.96. The molecule has 0 saturated carbocycles. The molecule has 0 fully saturated rings. The van der Waals surface area contributed by atoms with Gasteiger partial charge < -0.3 is 10.2 Å². The van der Waals surface area contributed by atoms with Gasteiger partial charge in [0.25, 0.3) is 0 Å². The molecule has 0 atom stereocenters. The third kappa shape index (κ3) is 2.89. The topological polar surface area (TPSA) is 40.5 Å². The molecule has 0 aromatic heterocycles. The SMILES string of the molecule is C/C(=C/C(C)(C)O)c1ccccc1O. The average Bonchev–Trinajstić information content (AvgIpc) is 2.01. The van der Waals surface area contributed by atoms with Crippen molar-refractivity contribution in [3.63, 3.8) is 0 Å². The molecule has 1 rings (SSSR count). The van der Waals surface area contributed by atoms with Gasteiger partial charge in [-0.25, -0.2) is 0 Å². The molecule has 1 aromatic rings. The van der Waals surface area contributed by atoms with E-state index in [1.807, 2.05) is 19.1 Å². The molecule has 0 amide bonds. The maximum atomic E-state index is 9.58. The highest BCUT2D eigenvalue weighted by Gasteiger charge is 2.10. The predicted molar refractivity (Wildman–Crippen MR) is 58.1 cm³/mol. The lowest BCUT2D eigenvalue weighted by atomic mass is 10.00. The van der Waals surface area contributed by atoms with Gasteiger partial charge in [-0.1, -0.05) is 24.3 Å². The molecule has 14 heavy (non-hydrogen) atoms. The van der Waals surface area contributed by atoms with Crippen LogP contribution in [0.4, 0.5) is 0 Å². The minimum absolute atomic E-state index is 0.241. The summed E-state index contributed by atoms with van der Waals surface area (Å²) in [4.78, 5) is 0. The second kappa shape index (κ2) is 3.84. The summed E-state index contributed by atoms with van der Waals surface area (Å²) in [5.41, 5.74) is 0.775. The van der Waals surface area contributed by atoms with E-state index >= 15 is 0 Å². The van der Waals surface area contributed by atoms with Gasteiger partial charge in [-0.05, 0) is 32.4 Å². The normalized spacial score (nSPS) is 13.0. The predicted octanol–water partition coefficient (Wildman–Crippen LogP) is 2.57. The fraction of sp³-hybridized carbons (Fsp3) is 0.333. The van der Waals surface area contributed by atoms with Gasteiger partial charge in [0.1, 0.15) is 5.75 Å². The van der Waals surface area contributed by atoms with Gasteiger partial charge in [-0.3, -0.25) is 0 Å². The van der Waals surface area contributed by atoms with Crippen molar-refractivity contribution in [1.29, 1.82) is 0 Å². The summed E-state index contributed by atoms with van der Waals surface area (Å²) in [5.74, 6) is 0.241. The molecule has 76 valence electrons. The molecule has 0 saturated heterocycles. The lowest BCUT2D eigenvalue weighted by Gasteiger charge is -2.14. The number of phenolic OH excluding ortho intramolecular Hbond substituents is 1.